The highest BCUT2D eigenvalue weighted by Gasteiger charge is 2.50. The third kappa shape index (κ3) is 2.93. The molecule has 0 bridgehead atoms. The summed E-state index contributed by atoms with van der Waals surface area (Å²) in [7, 11) is 1.50. The van der Waals surface area contributed by atoms with Crippen LogP contribution in [-0.2, 0) is 17.0 Å². The van der Waals surface area contributed by atoms with E-state index in [1.54, 1.807) is 24.4 Å². The number of hydrogen-bond donors (Lipinski definition) is 1. The van der Waals surface area contributed by atoms with Crippen molar-refractivity contribution in [2.75, 3.05) is 7.05 Å². The first-order chi connectivity index (χ1) is 14.0. The maximum absolute atomic E-state index is 14.6. The van der Waals surface area contributed by atoms with Crippen molar-refractivity contribution in [1.29, 1.82) is 0 Å². The largest absolute Gasteiger partial charge is 0.369 e. The first-order valence-electron chi connectivity index (χ1n) is 8.82. The van der Waals surface area contributed by atoms with Crippen molar-refractivity contribution < 1.29 is 13.6 Å². The molecule has 6 nitrogen and oxygen atoms in total. The molecule has 1 aliphatic heterocycles. The highest BCUT2D eigenvalue weighted by atomic mass is 19.1. The third-order valence-corrected chi connectivity index (χ3v) is 4.93. The second kappa shape index (κ2) is 7.05. The second-order valence-electron chi connectivity index (χ2n) is 6.67. The van der Waals surface area contributed by atoms with Crippen LogP contribution in [0.25, 0.3) is 11.3 Å². The van der Waals surface area contributed by atoms with Crippen molar-refractivity contribution in [1.82, 2.24) is 14.9 Å². The first kappa shape index (κ1) is 18.7. The third-order valence-electron chi connectivity index (χ3n) is 4.93. The monoisotopic (exact) mass is 393 g/mol. The van der Waals surface area contributed by atoms with Gasteiger partial charge in [-0.1, -0.05) is 12.1 Å². The number of halogens is 2. The molecule has 0 saturated carbocycles. The second-order valence-corrected chi connectivity index (χ2v) is 6.67. The number of aliphatic imine (C=N–C) groups is 1. The highest BCUT2D eigenvalue weighted by Crippen LogP contribution is 2.40. The van der Waals surface area contributed by atoms with Crippen LogP contribution in [0.4, 0.5) is 8.78 Å². The number of amides is 1. The van der Waals surface area contributed by atoms with Crippen molar-refractivity contribution in [2.45, 2.75) is 12.2 Å². The van der Waals surface area contributed by atoms with Crippen LogP contribution >= 0.6 is 0 Å². The molecule has 146 valence electrons. The van der Waals surface area contributed by atoms with Crippen LogP contribution in [0, 0.1) is 5.82 Å². The van der Waals surface area contributed by atoms with Crippen molar-refractivity contribution in [3.63, 3.8) is 0 Å². The van der Waals surface area contributed by atoms with Gasteiger partial charge in [0.1, 0.15) is 12.5 Å². The van der Waals surface area contributed by atoms with Gasteiger partial charge in [-0.25, -0.2) is 13.8 Å². The Balaban J connectivity index is 1.98. The van der Waals surface area contributed by atoms with Crippen LogP contribution in [0.1, 0.15) is 16.7 Å². The molecule has 4 rings (SSSR count). The normalized spacial score (nSPS) is 18.8. The molecule has 1 unspecified atom stereocenters. The molecule has 2 aromatic heterocycles. The summed E-state index contributed by atoms with van der Waals surface area (Å²) in [5.41, 5.74) is 6.01. The molecule has 8 heteroatoms. The van der Waals surface area contributed by atoms with E-state index in [1.165, 1.54) is 48.6 Å². The first-order valence-corrected chi connectivity index (χ1v) is 8.82. The van der Waals surface area contributed by atoms with Gasteiger partial charge >= 0.3 is 0 Å². The number of hydrogen-bond acceptors (Lipinski definition) is 5. The van der Waals surface area contributed by atoms with E-state index in [0.717, 1.165) is 0 Å². The van der Waals surface area contributed by atoms with E-state index in [1.807, 2.05) is 0 Å². The van der Waals surface area contributed by atoms with Crippen LogP contribution in [-0.4, -0.2) is 33.8 Å². The molecule has 0 fully saturated rings. The molecule has 3 heterocycles. The number of alkyl halides is 1. The van der Waals surface area contributed by atoms with Crippen LogP contribution in [0.3, 0.4) is 0 Å². The summed E-state index contributed by atoms with van der Waals surface area (Å²) in [4.78, 5) is 27.2. The zero-order valence-electron chi connectivity index (χ0n) is 15.5. The fraction of sp³-hybridized carbons (Fsp3) is 0.143. The summed E-state index contributed by atoms with van der Waals surface area (Å²) >= 11 is 0. The molecule has 1 amide bonds. The quantitative estimate of drug-likeness (QED) is 0.739. The summed E-state index contributed by atoms with van der Waals surface area (Å²) in [5, 5.41) is 0. The molecule has 0 saturated heterocycles. The summed E-state index contributed by atoms with van der Waals surface area (Å²) < 4.78 is 27.8. The molecule has 0 aliphatic carbocycles. The molecular weight excluding hydrogens is 376 g/mol. The number of rotatable bonds is 4. The van der Waals surface area contributed by atoms with E-state index in [2.05, 4.69) is 15.0 Å². The van der Waals surface area contributed by atoms with Gasteiger partial charge in [-0.3, -0.25) is 19.7 Å². The van der Waals surface area contributed by atoms with Crippen molar-refractivity contribution in [3.05, 3.63) is 83.6 Å². The van der Waals surface area contributed by atoms with Gasteiger partial charge in [0.2, 0.25) is 0 Å². The number of guanidine groups is 1. The van der Waals surface area contributed by atoms with Gasteiger partial charge in [-0.15, -0.1) is 0 Å². The Labute approximate surface area is 165 Å². The molecule has 1 aliphatic rings. The lowest BCUT2D eigenvalue weighted by atomic mass is 9.82. The standard InChI is InChI=1S/C21H17F2N5O/c1-28-19(29)21(27-20(28)24,15-8-13(10-22)11-25-12-15)14-5-6-17(23)16(9-14)18-4-2-3-7-26-18/h2-9,11-12H,10H2,1H3,(H2,24,27). The summed E-state index contributed by atoms with van der Waals surface area (Å²) in [5.74, 6) is -0.926. The highest BCUT2D eigenvalue weighted by molar-refractivity contribution is 6.09. The molecule has 29 heavy (non-hydrogen) atoms. The lowest BCUT2D eigenvalue weighted by Gasteiger charge is -2.26. The summed E-state index contributed by atoms with van der Waals surface area (Å²) in [6.07, 6.45) is 4.37. The van der Waals surface area contributed by atoms with Gasteiger partial charge in [0, 0.05) is 42.3 Å². The Morgan fingerprint density at radius 3 is 2.62 bits per heavy atom. The zero-order valence-corrected chi connectivity index (χ0v) is 15.5. The van der Waals surface area contributed by atoms with Crippen LogP contribution in [0.15, 0.2) is 66.0 Å². The van der Waals surface area contributed by atoms with E-state index in [9.17, 15) is 13.6 Å². The van der Waals surface area contributed by atoms with Gasteiger partial charge in [0.15, 0.2) is 11.5 Å². The lowest BCUT2D eigenvalue weighted by molar-refractivity contribution is -0.129. The van der Waals surface area contributed by atoms with Gasteiger partial charge < -0.3 is 5.73 Å². The Kier molecular flexibility index (Phi) is 4.54. The van der Waals surface area contributed by atoms with E-state index in [4.69, 9.17) is 5.73 Å². The molecule has 0 radical (unpaired) electrons. The number of pyridine rings is 2. The van der Waals surface area contributed by atoms with E-state index >= 15 is 0 Å². The predicted molar refractivity (Wildman–Crippen MR) is 104 cm³/mol. The Hall–Kier alpha value is -3.68. The topological polar surface area (TPSA) is 84.5 Å². The van der Waals surface area contributed by atoms with Gasteiger partial charge in [0.05, 0.1) is 5.69 Å². The molecule has 2 N–H and O–H groups in total. The minimum absolute atomic E-state index is 0.00404. The van der Waals surface area contributed by atoms with Crippen molar-refractivity contribution >= 4 is 11.9 Å². The van der Waals surface area contributed by atoms with E-state index in [-0.39, 0.29) is 11.5 Å². The molecule has 3 aromatic rings. The van der Waals surface area contributed by atoms with Crippen molar-refractivity contribution in [3.8, 4) is 11.3 Å². The SMILES string of the molecule is CN1C(=O)C(c2cncc(CF)c2)(c2ccc(F)c(-c3ccccn3)c2)N=C1N. The number of nitrogens with two attached hydrogens (primary N) is 1. The van der Waals surface area contributed by atoms with Gasteiger partial charge in [-0.05, 0) is 35.9 Å². The average molecular weight is 393 g/mol. The summed E-state index contributed by atoms with van der Waals surface area (Å²) in [6.45, 7) is -0.747. The fourth-order valence-electron chi connectivity index (χ4n) is 3.41. The van der Waals surface area contributed by atoms with Crippen LogP contribution in [0.2, 0.25) is 0 Å². The maximum atomic E-state index is 14.6. The number of carbonyl (C=O) groups excluding carboxylic acids is 1. The van der Waals surface area contributed by atoms with E-state index < -0.39 is 23.9 Å². The van der Waals surface area contributed by atoms with Gasteiger partial charge in [0.25, 0.3) is 5.91 Å². The molecular formula is C21H17F2N5O. The van der Waals surface area contributed by atoms with Crippen LogP contribution in [0.5, 0.6) is 0 Å². The van der Waals surface area contributed by atoms with Crippen LogP contribution < -0.4 is 5.73 Å². The Morgan fingerprint density at radius 1 is 1.14 bits per heavy atom. The Morgan fingerprint density at radius 2 is 1.97 bits per heavy atom. The number of carbonyl (C=O) groups is 1. The predicted octanol–water partition coefficient (Wildman–Crippen LogP) is 2.78. The smallest absolute Gasteiger partial charge is 0.266 e. The summed E-state index contributed by atoms with van der Waals surface area (Å²) in [6, 6.07) is 10.9. The van der Waals surface area contributed by atoms with Gasteiger partial charge in [-0.2, -0.15) is 0 Å². The fourth-order valence-corrected chi connectivity index (χ4v) is 3.41. The zero-order chi connectivity index (χ0) is 20.6. The number of likely N-dealkylation sites (N-methyl/N-ethyl adjacent to an activating group) is 1. The minimum Gasteiger partial charge on any atom is -0.369 e. The molecule has 1 aromatic carbocycles. The molecule has 1 atom stereocenters. The average Bonchev–Trinajstić information content (AvgIpc) is 2.99. The molecule has 0 spiro atoms. The minimum atomic E-state index is -1.59. The van der Waals surface area contributed by atoms with Crippen molar-refractivity contribution in [2.24, 2.45) is 10.7 Å². The maximum Gasteiger partial charge on any atom is 0.266 e. The van der Waals surface area contributed by atoms with E-state index in [0.29, 0.717) is 22.4 Å². The Bertz CT molecular complexity index is 1120. The number of nitrogens with zero attached hydrogens (tertiary/aromatic N) is 4. The number of aromatic nitrogens is 2. The lowest BCUT2D eigenvalue weighted by Crippen LogP contribution is -2.41. The number of benzene rings is 1.